The van der Waals surface area contributed by atoms with Crippen LogP contribution in [0.25, 0.3) is 0 Å². The van der Waals surface area contributed by atoms with Gasteiger partial charge in [-0.1, -0.05) is 63.0 Å². The van der Waals surface area contributed by atoms with Crippen molar-refractivity contribution in [3.8, 4) is 0 Å². The average molecular weight is 301 g/mol. The van der Waals surface area contributed by atoms with E-state index in [-0.39, 0.29) is 11.2 Å². The number of benzene rings is 1. The number of hydrogen-bond acceptors (Lipinski definition) is 1. The highest BCUT2D eigenvalue weighted by Crippen LogP contribution is 2.28. The van der Waals surface area contributed by atoms with Crippen LogP contribution in [0.1, 0.15) is 46.1 Å². The summed E-state index contributed by atoms with van der Waals surface area (Å²) in [6.45, 7) is 8.72. The minimum atomic E-state index is 0.223. The molecular formula is C16H22Cl2O. The molecule has 0 saturated carbocycles. The highest BCUT2D eigenvalue weighted by Gasteiger charge is 2.18. The molecular weight excluding hydrogens is 279 g/mol. The van der Waals surface area contributed by atoms with Crippen molar-refractivity contribution in [2.45, 2.75) is 47.0 Å². The number of halogens is 2. The lowest BCUT2D eigenvalue weighted by Crippen LogP contribution is -2.15. The van der Waals surface area contributed by atoms with E-state index in [0.717, 1.165) is 12.0 Å². The van der Waals surface area contributed by atoms with Gasteiger partial charge in [0.1, 0.15) is 5.78 Å². The first-order chi connectivity index (χ1) is 8.69. The summed E-state index contributed by atoms with van der Waals surface area (Å²) in [6, 6.07) is 5.43. The topological polar surface area (TPSA) is 17.1 Å². The number of carbonyl (C=O) groups excluding carboxylic acids is 1. The Morgan fingerprint density at radius 3 is 2.47 bits per heavy atom. The maximum Gasteiger partial charge on any atom is 0.137 e. The molecule has 0 radical (unpaired) electrons. The van der Waals surface area contributed by atoms with Crippen LogP contribution >= 0.6 is 23.2 Å². The highest BCUT2D eigenvalue weighted by atomic mass is 35.5. The predicted octanol–water partition coefficient (Wildman–Crippen LogP) is 5.57. The average Bonchev–Trinajstić information content (AvgIpc) is 2.21. The van der Waals surface area contributed by atoms with Crippen LogP contribution in [0.15, 0.2) is 18.2 Å². The summed E-state index contributed by atoms with van der Waals surface area (Å²) in [5.74, 6) is 0.617. The molecule has 1 aromatic rings. The van der Waals surface area contributed by atoms with Gasteiger partial charge in [-0.05, 0) is 29.4 Å². The van der Waals surface area contributed by atoms with Gasteiger partial charge in [-0.3, -0.25) is 4.79 Å². The Morgan fingerprint density at radius 1 is 1.26 bits per heavy atom. The van der Waals surface area contributed by atoms with Crippen LogP contribution in [0, 0.1) is 11.3 Å². The molecule has 3 heteroatoms. The van der Waals surface area contributed by atoms with Crippen molar-refractivity contribution >= 4 is 29.0 Å². The third-order valence-electron chi connectivity index (χ3n) is 2.96. The number of rotatable bonds is 5. The van der Waals surface area contributed by atoms with Crippen LogP contribution in [-0.2, 0) is 11.2 Å². The summed E-state index contributed by atoms with van der Waals surface area (Å²) < 4.78 is 0. The van der Waals surface area contributed by atoms with Crippen LogP contribution in [0.4, 0.5) is 0 Å². The monoisotopic (exact) mass is 300 g/mol. The number of carbonyl (C=O) groups is 1. The first-order valence-corrected chi connectivity index (χ1v) is 7.39. The molecule has 0 amide bonds. The van der Waals surface area contributed by atoms with E-state index in [2.05, 4.69) is 27.7 Å². The first kappa shape index (κ1) is 16.5. The van der Waals surface area contributed by atoms with E-state index < -0.39 is 0 Å². The molecule has 1 unspecified atom stereocenters. The molecule has 1 aromatic carbocycles. The van der Waals surface area contributed by atoms with E-state index in [1.54, 1.807) is 6.07 Å². The fraction of sp³-hybridized carbons (Fsp3) is 0.562. The summed E-state index contributed by atoms with van der Waals surface area (Å²) in [6.07, 6.45) is 2.01. The third-order valence-corrected chi connectivity index (χ3v) is 3.81. The number of Topliss-reactive ketones (excluding diaryl/α,β-unsaturated/α-hetero) is 1. The number of ketones is 1. The normalized spacial score (nSPS) is 13.4. The first-order valence-electron chi connectivity index (χ1n) is 6.63. The molecule has 1 rings (SSSR count). The summed E-state index contributed by atoms with van der Waals surface area (Å²) in [7, 11) is 0. The van der Waals surface area contributed by atoms with Crippen molar-refractivity contribution in [3.63, 3.8) is 0 Å². The summed E-state index contributed by atoms with van der Waals surface area (Å²) >= 11 is 12.0. The second-order valence-electron chi connectivity index (χ2n) is 6.50. The van der Waals surface area contributed by atoms with Gasteiger partial charge in [-0.2, -0.15) is 0 Å². The smallest absolute Gasteiger partial charge is 0.137 e. The van der Waals surface area contributed by atoms with Gasteiger partial charge < -0.3 is 0 Å². The zero-order valence-corrected chi connectivity index (χ0v) is 13.6. The minimum Gasteiger partial charge on any atom is -0.299 e. The fourth-order valence-corrected chi connectivity index (χ4v) is 2.86. The maximum atomic E-state index is 12.1. The summed E-state index contributed by atoms with van der Waals surface area (Å²) in [5, 5.41) is 1.01. The van der Waals surface area contributed by atoms with Gasteiger partial charge in [0.25, 0.3) is 0 Å². The van der Waals surface area contributed by atoms with Crippen molar-refractivity contribution in [3.05, 3.63) is 33.8 Å². The molecule has 1 atom stereocenters. The van der Waals surface area contributed by atoms with Crippen LogP contribution < -0.4 is 0 Å². The van der Waals surface area contributed by atoms with Crippen LogP contribution in [0.2, 0.25) is 10.0 Å². The standard InChI is InChI=1S/C16H22Cl2O/c1-11(10-16(2,3)4)8-13(19)9-12-6-5-7-14(17)15(12)18/h5-7,11H,8-10H2,1-4H3. The van der Waals surface area contributed by atoms with E-state index in [1.807, 2.05) is 12.1 Å². The lowest BCUT2D eigenvalue weighted by atomic mass is 9.83. The van der Waals surface area contributed by atoms with Gasteiger partial charge >= 0.3 is 0 Å². The Bertz CT molecular complexity index is 447. The van der Waals surface area contributed by atoms with Crippen LogP contribution in [-0.4, -0.2) is 5.78 Å². The van der Waals surface area contributed by atoms with Crippen molar-refractivity contribution < 1.29 is 4.79 Å². The molecule has 19 heavy (non-hydrogen) atoms. The Kier molecular flexibility index (Phi) is 5.88. The highest BCUT2D eigenvalue weighted by molar-refractivity contribution is 6.42. The second-order valence-corrected chi connectivity index (χ2v) is 7.29. The van der Waals surface area contributed by atoms with Crippen molar-refractivity contribution in [2.75, 3.05) is 0 Å². The molecule has 0 aromatic heterocycles. The molecule has 0 aliphatic heterocycles. The number of hydrogen-bond donors (Lipinski definition) is 0. The van der Waals surface area contributed by atoms with Gasteiger partial charge in [0.15, 0.2) is 0 Å². The predicted molar refractivity (Wildman–Crippen MR) is 83.0 cm³/mol. The van der Waals surface area contributed by atoms with E-state index >= 15 is 0 Å². The van der Waals surface area contributed by atoms with Gasteiger partial charge in [0.2, 0.25) is 0 Å². The Balaban J connectivity index is 2.58. The van der Waals surface area contributed by atoms with E-state index in [4.69, 9.17) is 23.2 Å². The zero-order valence-electron chi connectivity index (χ0n) is 12.1. The second kappa shape index (κ2) is 6.76. The van der Waals surface area contributed by atoms with Crippen molar-refractivity contribution in [1.29, 1.82) is 0 Å². The van der Waals surface area contributed by atoms with E-state index in [1.165, 1.54) is 0 Å². The van der Waals surface area contributed by atoms with Crippen LogP contribution in [0.5, 0.6) is 0 Å². The fourth-order valence-electron chi connectivity index (χ4n) is 2.48. The molecule has 0 aliphatic carbocycles. The van der Waals surface area contributed by atoms with Crippen molar-refractivity contribution in [1.82, 2.24) is 0 Å². The zero-order chi connectivity index (χ0) is 14.6. The van der Waals surface area contributed by atoms with E-state index in [9.17, 15) is 4.79 Å². The lowest BCUT2D eigenvalue weighted by molar-refractivity contribution is -0.119. The Hall–Kier alpha value is -0.530. The molecule has 0 saturated heterocycles. The Morgan fingerprint density at radius 2 is 1.89 bits per heavy atom. The molecule has 0 spiro atoms. The van der Waals surface area contributed by atoms with Gasteiger partial charge in [-0.15, -0.1) is 0 Å². The minimum absolute atomic E-state index is 0.223. The molecule has 0 aliphatic rings. The van der Waals surface area contributed by atoms with Crippen molar-refractivity contribution in [2.24, 2.45) is 11.3 Å². The molecule has 106 valence electrons. The summed E-state index contributed by atoms with van der Waals surface area (Å²) in [4.78, 5) is 12.1. The molecule has 0 heterocycles. The molecule has 0 fully saturated rings. The lowest BCUT2D eigenvalue weighted by Gasteiger charge is -2.22. The van der Waals surface area contributed by atoms with Gasteiger partial charge in [-0.25, -0.2) is 0 Å². The molecule has 0 bridgehead atoms. The van der Waals surface area contributed by atoms with Gasteiger partial charge in [0, 0.05) is 12.8 Å². The Labute approximate surface area is 126 Å². The van der Waals surface area contributed by atoms with E-state index in [0.29, 0.717) is 28.8 Å². The van der Waals surface area contributed by atoms with Gasteiger partial charge in [0.05, 0.1) is 10.0 Å². The summed E-state index contributed by atoms with van der Waals surface area (Å²) in [5.41, 5.74) is 1.08. The molecule has 1 nitrogen and oxygen atoms in total. The molecule has 0 N–H and O–H groups in total. The third kappa shape index (κ3) is 5.97. The maximum absolute atomic E-state index is 12.1. The SMILES string of the molecule is CC(CC(=O)Cc1cccc(Cl)c1Cl)CC(C)(C)C. The van der Waals surface area contributed by atoms with Crippen LogP contribution in [0.3, 0.4) is 0 Å². The largest absolute Gasteiger partial charge is 0.299 e. The quantitative estimate of drug-likeness (QED) is 0.695.